The molecule has 2 aromatic rings. The van der Waals surface area contributed by atoms with Crippen LogP contribution in [0.2, 0.25) is 0 Å². The second-order valence-corrected chi connectivity index (χ2v) is 5.57. The van der Waals surface area contributed by atoms with E-state index in [-0.39, 0.29) is 5.54 Å². The second-order valence-electron chi connectivity index (χ2n) is 5.57. The van der Waals surface area contributed by atoms with E-state index >= 15 is 0 Å². The number of nitrogens with one attached hydrogen (secondary N) is 1. The van der Waals surface area contributed by atoms with E-state index in [1.165, 1.54) is 0 Å². The molecule has 0 aliphatic carbocycles. The van der Waals surface area contributed by atoms with Crippen LogP contribution in [0.5, 0.6) is 0 Å². The number of nitrogens with two attached hydrogens (primary N) is 1. The average Bonchev–Trinajstić information content (AvgIpc) is 2.34. The van der Waals surface area contributed by atoms with Gasteiger partial charge in [-0.05, 0) is 32.4 Å². The zero-order valence-electron chi connectivity index (χ0n) is 11.6. The normalized spacial score (nSPS) is 12.7. The molecule has 0 atom stereocenters. The van der Waals surface area contributed by atoms with E-state index < -0.39 is 0 Å². The Balaban J connectivity index is 2.20. The first-order valence-electron chi connectivity index (χ1n) is 6.36. The summed E-state index contributed by atoms with van der Waals surface area (Å²) in [6.45, 7) is 6.68. The van der Waals surface area contributed by atoms with Gasteiger partial charge in [-0.1, -0.05) is 24.3 Å². The van der Waals surface area contributed by atoms with Crippen LogP contribution in [0.1, 0.15) is 26.3 Å². The molecule has 0 aliphatic rings. The number of nitrogens with zero attached hydrogens (tertiary/aromatic N) is 2. The van der Waals surface area contributed by atoms with Crippen LogP contribution in [0.15, 0.2) is 41.5 Å². The second kappa shape index (κ2) is 5.26. The van der Waals surface area contributed by atoms with Gasteiger partial charge in [-0.15, -0.1) is 0 Å². The highest BCUT2D eigenvalue weighted by molar-refractivity contribution is 5.82. The lowest BCUT2D eigenvalue weighted by atomic mass is 10.1. The number of aromatic nitrogens is 1. The molecule has 0 spiro atoms. The summed E-state index contributed by atoms with van der Waals surface area (Å²) in [7, 11) is 0. The molecule has 0 fully saturated rings. The lowest BCUT2D eigenvalue weighted by Gasteiger charge is -2.21. The molecule has 0 saturated heterocycles. The van der Waals surface area contributed by atoms with Crippen LogP contribution in [-0.2, 0) is 6.54 Å². The summed E-state index contributed by atoms with van der Waals surface area (Å²) >= 11 is 0. The van der Waals surface area contributed by atoms with Gasteiger partial charge < -0.3 is 11.1 Å². The minimum atomic E-state index is -0.0788. The van der Waals surface area contributed by atoms with E-state index in [0.717, 1.165) is 16.5 Å². The van der Waals surface area contributed by atoms with Crippen molar-refractivity contribution in [2.45, 2.75) is 32.9 Å². The van der Waals surface area contributed by atoms with Gasteiger partial charge in [0.25, 0.3) is 0 Å². The van der Waals surface area contributed by atoms with Crippen molar-refractivity contribution < 1.29 is 0 Å². The molecule has 4 heteroatoms. The standard InChI is InChI=1S/C15H20N4/c1-15(2,3)19-14(16)18-10-12-7-4-6-11-8-5-9-17-13(11)12/h4-9H,10H2,1-3H3,(H3,16,18,19). The molecule has 1 aromatic carbocycles. The van der Waals surface area contributed by atoms with Gasteiger partial charge in [0.1, 0.15) is 0 Å². The third-order valence-electron chi connectivity index (χ3n) is 2.64. The maximum absolute atomic E-state index is 5.87. The average molecular weight is 256 g/mol. The molecule has 0 amide bonds. The minimum Gasteiger partial charge on any atom is -0.370 e. The Labute approximate surface area is 113 Å². The van der Waals surface area contributed by atoms with E-state index in [1.54, 1.807) is 6.20 Å². The first-order valence-corrected chi connectivity index (χ1v) is 6.36. The summed E-state index contributed by atoms with van der Waals surface area (Å²) in [5.74, 6) is 0.459. The Morgan fingerprint density at radius 1 is 1.26 bits per heavy atom. The molecule has 19 heavy (non-hydrogen) atoms. The van der Waals surface area contributed by atoms with Crippen LogP contribution in [0, 0.1) is 0 Å². The van der Waals surface area contributed by atoms with Crippen LogP contribution in [0.4, 0.5) is 0 Å². The van der Waals surface area contributed by atoms with Crippen LogP contribution in [-0.4, -0.2) is 16.5 Å². The monoisotopic (exact) mass is 256 g/mol. The minimum absolute atomic E-state index is 0.0788. The van der Waals surface area contributed by atoms with Crippen molar-refractivity contribution in [3.05, 3.63) is 42.1 Å². The van der Waals surface area contributed by atoms with Crippen molar-refractivity contribution in [3.8, 4) is 0 Å². The highest BCUT2D eigenvalue weighted by Crippen LogP contribution is 2.16. The zero-order valence-corrected chi connectivity index (χ0v) is 11.6. The number of guanidine groups is 1. The summed E-state index contributed by atoms with van der Waals surface area (Å²) in [4.78, 5) is 8.78. The van der Waals surface area contributed by atoms with Crippen molar-refractivity contribution in [1.82, 2.24) is 10.3 Å². The number of aliphatic imine (C=N–C) groups is 1. The number of benzene rings is 1. The van der Waals surface area contributed by atoms with E-state index in [4.69, 9.17) is 5.73 Å². The van der Waals surface area contributed by atoms with Crippen molar-refractivity contribution in [1.29, 1.82) is 0 Å². The van der Waals surface area contributed by atoms with Crippen molar-refractivity contribution in [2.75, 3.05) is 0 Å². The van der Waals surface area contributed by atoms with Crippen LogP contribution in [0.3, 0.4) is 0 Å². The highest BCUT2D eigenvalue weighted by atomic mass is 15.1. The molecule has 0 radical (unpaired) electrons. The smallest absolute Gasteiger partial charge is 0.189 e. The van der Waals surface area contributed by atoms with Gasteiger partial charge in [0.15, 0.2) is 5.96 Å². The fourth-order valence-electron chi connectivity index (χ4n) is 1.89. The number of fused-ring (bicyclic) bond motifs is 1. The summed E-state index contributed by atoms with van der Waals surface area (Å²) in [6.07, 6.45) is 1.80. The Kier molecular flexibility index (Phi) is 3.69. The van der Waals surface area contributed by atoms with Gasteiger partial charge >= 0.3 is 0 Å². The molecular formula is C15H20N4. The summed E-state index contributed by atoms with van der Waals surface area (Å²) in [6, 6.07) is 10.1. The first-order chi connectivity index (χ1) is 8.96. The Hall–Kier alpha value is -2.10. The molecule has 0 unspecified atom stereocenters. The largest absolute Gasteiger partial charge is 0.370 e. The van der Waals surface area contributed by atoms with Gasteiger partial charge in [-0.2, -0.15) is 0 Å². The maximum atomic E-state index is 5.87. The predicted octanol–water partition coefficient (Wildman–Crippen LogP) is 2.44. The molecule has 1 heterocycles. The molecule has 0 aliphatic heterocycles. The van der Waals surface area contributed by atoms with Crippen LogP contribution < -0.4 is 11.1 Å². The van der Waals surface area contributed by atoms with Crippen molar-refractivity contribution in [2.24, 2.45) is 10.7 Å². The molecule has 2 rings (SSSR count). The number of hydrogen-bond donors (Lipinski definition) is 2. The first kappa shape index (κ1) is 13.3. The molecule has 4 nitrogen and oxygen atoms in total. The SMILES string of the molecule is CC(C)(C)NC(N)=NCc1cccc2cccnc12. The third-order valence-corrected chi connectivity index (χ3v) is 2.64. The Bertz CT molecular complexity index is 591. The lowest BCUT2D eigenvalue weighted by Crippen LogP contribution is -2.44. The maximum Gasteiger partial charge on any atom is 0.189 e. The van der Waals surface area contributed by atoms with Gasteiger partial charge in [-0.3, -0.25) is 4.98 Å². The Morgan fingerprint density at radius 3 is 2.74 bits per heavy atom. The van der Waals surface area contributed by atoms with Crippen molar-refractivity contribution >= 4 is 16.9 Å². The van der Waals surface area contributed by atoms with Gasteiger partial charge in [0, 0.05) is 17.1 Å². The number of para-hydroxylation sites is 1. The molecule has 1 aromatic heterocycles. The molecule has 3 N–H and O–H groups in total. The van der Waals surface area contributed by atoms with Gasteiger partial charge in [0.05, 0.1) is 12.1 Å². The molecule has 100 valence electrons. The Morgan fingerprint density at radius 2 is 2.00 bits per heavy atom. The molecule has 0 bridgehead atoms. The van der Waals surface area contributed by atoms with Crippen LogP contribution in [0.25, 0.3) is 10.9 Å². The third kappa shape index (κ3) is 3.68. The highest BCUT2D eigenvalue weighted by Gasteiger charge is 2.09. The topological polar surface area (TPSA) is 63.3 Å². The number of hydrogen-bond acceptors (Lipinski definition) is 2. The molecular weight excluding hydrogens is 236 g/mol. The van der Waals surface area contributed by atoms with Gasteiger partial charge in [-0.25, -0.2) is 4.99 Å². The summed E-state index contributed by atoms with van der Waals surface area (Å²) in [5, 5.41) is 4.27. The van der Waals surface area contributed by atoms with E-state index in [0.29, 0.717) is 12.5 Å². The van der Waals surface area contributed by atoms with E-state index in [2.05, 4.69) is 36.1 Å². The quantitative estimate of drug-likeness (QED) is 0.641. The van der Waals surface area contributed by atoms with Crippen molar-refractivity contribution in [3.63, 3.8) is 0 Å². The molecule has 0 saturated carbocycles. The zero-order chi connectivity index (χ0) is 13.9. The fourth-order valence-corrected chi connectivity index (χ4v) is 1.89. The van der Waals surface area contributed by atoms with Gasteiger partial charge in [0.2, 0.25) is 0 Å². The number of pyridine rings is 1. The predicted molar refractivity (Wildman–Crippen MR) is 80.0 cm³/mol. The fraction of sp³-hybridized carbons (Fsp3) is 0.333. The number of rotatable bonds is 2. The van der Waals surface area contributed by atoms with Crippen LogP contribution >= 0.6 is 0 Å². The lowest BCUT2D eigenvalue weighted by molar-refractivity contribution is 0.508. The van der Waals surface area contributed by atoms with E-state index in [9.17, 15) is 0 Å². The summed E-state index contributed by atoms with van der Waals surface area (Å²) in [5.41, 5.74) is 7.86. The van der Waals surface area contributed by atoms with E-state index in [1.807, 2.05) is 30.3 Å². The summed E-state index contributed by atoms with van der Waals surface area (Å²) < 4.78 is 0.